The molecule has 1 N–H and O–H groups in total. The highest BCUT2D eigenvalue weighted by Gasteiger charge is 2.22. The molecule has 0 aliphatic carbocycles. The van der Waals surface area contributed by atoms with Crippen molar-refractivity contribution in [2.24, 2.45) is 0 Å². The van der Waals surface area contributed by atoms with Crippen LogP contribution in [0, 0.1) is 0 Å². The standard InChI is InChI=1S/C18H21N5O2/c1-2-14-3-5-15(6-4-14)19-17-8-7-16(20-21-17)18(25)23-11-9-22(13-24)10-12-23/h3-8,13H,2,9-12H2,1H3,(H,19,21). The number of benzene rings is 1. The van der Waals surface area contributed by atoms with Crippen LogP contribution >= 0.6 is 0 Å². The summed E-state index contributed by atoms with van der Waals surface area (Å²) in [6.45, 7) is 4.25. The predicted molar refractivity (Wildman–Crippen MR) is 94.7 cm³/mol. The van der Waals surface area contributed by atoms with E-state index in [0.717, 1.165) is 18.5 Å². The summed E-state index contributed by atoms with van der Waals surface area (Å²) in [4.78, 5) is 26.5. The molecule has 0 atom stereocenters. The fourth-order valence-corrected chi connectivity index (χ4v) is 2.68. The van der Waals surface area contributed by atoms with E-state index >= 15 is 0 Å². The minimum absolute atomic E-state index is 0.156. The van der Waals surface area contributed by atoms with Crippen molar-refractivity contribution in [1.82, 2.24) is 20.0 Å². The van der Waals surface area contributed by atoms with Gasteiger partial charge in [-0.1, -0.05) is 19.1 Å². The summed E-state index contributed by atoms with van der Waals surface area (Å²) >= 11 is 0. The van der Waals surface area contributed by atoms with Crippen LogP contribution in [0.4, 0.5) is 11.5 Å². The predicted octanol–water partition coefficient (Wildman–Crippen LogP) is 1.70. The first-order valence-electron chi connectivity index (χ1n) is 8.38. The number of nitrogens with one attached hydrogen (secondary N) is 1. The summed E-state index contributed by atoms with van der Waals surface area (Å²) in [5.74, 6) is 0.434. The van der Waals surface area contributed by atoms with Gasteiger partial charge in [-0.25, -0.2) is 0 Å². The van der Waals surface area contributed by atoms with Gasteiger partial charge in [-0.3, -0.25) is 9.59 Å². The number of hydrogen-bond acceptors (Lipinski definition) is 5. The van der Waals surface area contributed by atoms with E-state index in [9.17, 15) is 9.59 Å². The Morgan fingerprint density at radius 2 is 1.80 bits per heavy atom. The Bertz CT molecular complexity index is 722. The van der Waals surface area contributed by atoms with Crippen molar-refractivity contribution in [1.29, 1.82) is 0 Å². The van der Waals surface area contributed by atoms with Crippen molar-refractivity contribution >= 4 is 23.8 Å². The van der Waals surface area contributed by atoms with E-state index in [1.165, 1.54) is 5.56 Å². The maximum absolute atomic E-state index is 12.4. The molecule has 1 aliphatic heterocycles. The molecule has 1 aliphatic rings. The molecule has 0 bridgehead atoms. The van der Waals surface area contributed by atoms with Crippen molar-refractivity contribution in [3.8, 4) is 0 Å². The van der Waals surface area contributed by atoms with Crippen molar-refractivity contribution < 1.29 is 9.59 Å². The third-order valence-electron chi connectivity index (χ3n) is 4.27. The van der Waals surface area contributed by atoms with E-state index in [0.29, 0.717) is 37.7 Å². The van der Waals surface area contributed by atoms with Gasteiger partial charge in [0.25, 0.3) is 5.91 Å². The van der Waals surface area contributed by atoms with Crippen molar-refractivity contribution in [3.63, 3.8) is 0 Å². The number of aryl methyl sites for hydroxylation is 1. The van der Waals surface area contributed by atoms with E-state index in [-0.39, 0.29) is 5.91 Å². The number of rotatable bonds is 5. The molecule has 1 saturated heterocycles. The number of amides is 2. The summed E-state index contributed by atoms with van der Waals surface area (Å²) in [6.07, 6.45) is 1.81. The van der Waals surface area contributed by atoms with Crippen LogP contribution in [-0.4, -0.2) is 58.5 Å². The number of carbonyl (C=O) groups is 2. The number of anilines is 2. The molecule has 0 radical (unpaired) electrons. The molecule has 2 heterocycles. The maximum atomic E-state index is 12.4. The van der Waals surface area contributed by atoms with Gasteiger partial charge in [0.2, 0.25) is 6.41 Å². The lowest BCUT2D eigenvalue weighted by Crippen LogP contribution is -2.48. The van der Waals surface area contributed by atoms with E-state index in [4.69, 9.17) is 0 Å². The number of nitrogens with zero attached hydrogens (tertiary/aromatic N) is 4. The van der Waals surface area contributed by atoms with Crippen LogP contribution < -0.4 is 5.32 Å². The smallest absolute Gasteiger partial charge is 0.274 e. The minimum Gasteiger partial charge on any atom is -0.342 e. The highest BCUT2D eigenvalue weighted by Crippen LogP contribution is 2.15. The zero-order valence-corrected chi connectivity index (χ0v) is 14.2. The first kappa shape index (κ1) is 16.9. The summed E-state index contributed by atoms with van der Waals surface area (Å²) in [7, 11) is 0. The Morgan fingerprint density at radius 3 is 2.36 bits per heavy atom. The van der Waals surface area contributed by atoms with Crippen molar-refractivity contribution in [2.75, 3.05) is 31.5 Å². The molecule has 0 saturated carbocycles. The molecule has 2 aromatic rings. The lowest BCUT2D eigenvalue weighted by molar-refractivity contribution is -0.119. The van der Waals surface area contributed by atoms with Crippen LogP contribution in [0.1, 0.15) is 23.0 Å². The number of piperazine rings is 1. The normalized spacial score (nSPS) is 14.3. The lowest BCUT2D eigenvalue weighted by atomic mass is 10.1. The quantitative estimate of drug-likeness (QED) is 0.839. The Hall–Kier alpha value is -2.96. The van der Waals surface area contributed by atoms with Crippen LogP contribution in [0.15, 0.2) is 36.4 Å². The molecule has 7 heteroatoms. The fourth-order valence-electron chi connectivity index (χ4n) is 2.68. The van der Waals surface area contributed by atoms with Gasteiger partial charge in [-0.05, 0) is 36.2 Å². The Kier molecular flexibility index (Phi) is 5.23. The fraction of sp³-hybridized carbons (Fsp3) is 0.333. The average Bonchev–Trinajstić information content (AvgIpc) is 2.69. The molecule has 1 aromatic heterocycles. The second-order valence-corrected chi connectivity index (χ2v) is 5.91. The Balaban J connectivity index is 1.61. The molecule has 1 aromatic carbocycles. The van der Waals surface area contributed by atoms with Gasteiger partial charge >= 0.3 is 0 Å². The van der Waals surface area contributed by atoms with Gasteiger partial charge in [-0.2, -0.15) is 0 Å². The lowest BCUT2D eigenvalue weighted by Gasteiger charge is -2.32. The van der Waals surface area contributed by atoms with Gasteiger partial charge in [0.1, 0.15) is 0 Å². The maximum Gasteiger partial charge on any atom is 0.274 e. The van der Waals surface area contributed by atoms with Gasteiger partial charge in [0, 0.05) is 31.9 Å². The van der Waals surface area contributed by atoms with E-state index in [1.54, 1.807) is 21.9 Å². The van der Waals surface area contributed by atoms with Crippen LogP contribution in [0.25, 0.3) is 0 Å². The molecule has 1 fully saturated rings. The largest absolute Gasteiger partial charge is 0.342 e. The Morgan fingerprint density at radius 1 is 1.08 bits per heavy atom. The second-order valence-electron chi connectivity index (χ2n) is 5.91. The van der Waals surface area contributed by atoms with Crippen molar-refractivity contribution in [3.05, 3.63) is 47.7 Å². The van der Waals surface area contributed by atoms with E-state index in [2.05, 4.69) is 34.6 Å². The monoisotopic (exact) mass is 339 g/mol. The molecule has 130 valence electrons. The van der Waals surface area contributed by atoms with Crippen LogP contribution in [-0.2, 0) is 11.2 Å². The summed E-state index contributed by atoms with van der Waals surface area (Å²) < 4.78 is 0. The average molecular weight is 339 g/mol. The topological polar surface area (TPSA) is 78.4 Å². The third kappa shape index (κ3) is 4.12. The number of aromatic nitrogens is 2. The summed E-state index contributed by atoms with van der Waals surface area (Å²) in [5.41, 5.74) is 2.51. The van der Waals surface area contributed by atoms with Gasteiger partial charge < -0.3 is 15.1 Å². The molecular weight excluding hydrogens is 318 g/mol. The molecular formula is C18H21N5O2. The Labute approximate surface area is 146 Å². The number of hydrogen-bond donors (Lipinski definition) is 1. The van der Waals surface area contributed by atoms with Crippen LogP contribution in [0.2, 0.25) is 0 Å². The number of carbonyl (C=O) groups excluding carboxylic acids is 2. The SMILES string of the molecule is CCc1ccc(Nc2ccc(C(=O)N3CCN(C=O)CC3)nn2)cc1. The zero-order chi connectivity index (χ0) is 17.6. The third-order valence-corrected chi connectivity index (χ3v) is 4.27. The molecule has 7 nitrogen and oxygen atoms in total. The van der Waals surface area contributed by atoms with E-state index in [1.807, 2.05) is 12.1 Å². The van der Waals surface area contributed by atoms with Gasteiger partial charge in [-0.15, -0.1) is 10.2 Å². The molecule has 0 unspecified atom stereocenters. The minimum atomic E-state index is -0.156. The van der Waals surface area contributed by atoms with Crippen LogP contribution in [0.5, 0.6) is 0 Å². The highest BCUT2D eigenvalue weighted by molar-refractivity contribution is 5.92. The molecule has 3 rings (SSSR count). The molecule has 2 amide bonds. The van der Waals surface area contributed by atoms with Gasteiger partial charge in [0.05, 0.1) is 0 Å². The second kappa shape index (κ2) is 7.74. The summed E-state index contributed by atoms with van der Waals surface area (Å²) in [6, 6.07) is 11.5. The van der Waals surface area contributed by atoms with E-state index < -0.39 is 0 Å². The molecule has 0 spiro atoms. The highest BCUT2D eigenvalue weighted by atomic mass is 16.2. The first-order chi connectivity index (χ1) is 12.2. The first-order valence-corrected chi connectivity index (χ1v) is 8.38. The van der Waals surface area contributed by atoms with Gasteiger partial charge in [0.15, 0.2) is 11.5 Å². The van der Waals surface area contributed by atoms with Crippen LogP contribution in [0.3, 0.4) is 0 Å². The molecule has 25 heavy (non-hydrogen) atoms. The van der Waals surface area contributed by atoms with Crippen molar-refractivity contribution in [2.45, 2.75) is 13.3 Å². The summed E-state index contributed by atoms with van der Waals surface area (Å²) in [5, 5.41) is 11.3. The zero-order valence-electron chi connectivity index (χ0n) is 14.2.